The van der Waals surface area contributed by atoms with E-state index in [1.54, 1.807) is 0 Å². The molecule has 1 aliphatic heterocycles. The minimum atomic E-state index is -0.463. The van der Waals surface area contributed by atoms with E-state index in [0.29, 0.717) is 24.3 Å². The van der Waals surface area contributed by atoms with Crippen molar-refractivity contribution in [1.29, 1.82) is 0 Å². The molecule has 2 amide bonds. The molecule has 4 aromatic carbocycles. The van der Waals surface area contributed by atoms with Gasteiger partial charge in [0.1, 0.15) is 12.2 Å². The van der Waals surface area contributed by atoms with Crippen LogP contribution in [0.1, 0.15) is 96.7 Å². The van der Waals surface area contributed by atoms with Gasteiger partial charge < -0.3 is 26.3 Å². The number of amides is 2. The normalized spacial score (nSPS) is 22.5. The second-order valence-corrected chi connectivity index (χ2v) is 16.6. The fourth-order valence-corrected chi connectivity index (χ4v) is 9.08. The second kappa shape index (κ2) is 19.2. The van der Waals surface area contributed by atoms with E-state index in [2.05, 4.69) is 47.9 Å². The van der Waals surface area contributed by atoms with E-state index in [-0.39, 0.29) is 23.9 Å². The summed E-state index contributed by atoms with van der Waals surface area (Å²) in [5, 5.41) is 15.6. The van der Waals surface area contributed by atoms with Gasteiger partial charge in [0.05, 0.1) is 11.4 Å². The Kier molecular flexibility index (Phi) is 13.5. The third kappa shape index (κ3) is 10.6. The molecule has 7 rings (SSSR count). The van der Waals surface area contributed by atoms with E-state index in [1.807, 2.05) is 80.6 Å². The first-order valence-electron chi connectivity index (χ1n) is 21.2. The van der Waals surface area contributed by atoms with Crippen LogP contribution in [-0.4, -0.2) is 35.8 Å². The first-order chi connectivity index (χ1) is 28.6. The molecule has 0 aromatic heterocycles. The highest BCUT2D eigenvalue weighted by atomic mass is 16.6. The van der Waals surface area contributed by atoms with Crippen LogP contribution in [0.3, 0.4) is 0 Å². The van der Waals surface area contributed by atoms with Crippen LogP contribution in [0, 0.1) is 38.5 Å². The molecule has 0 saturated heterocycles. The van der Waals surface area contributed by atoms with Crippen LogP contribution in [-0.2, 0) is 22.4 Å². The van der Waals surface area contributed by atoms with Gasteiger partial charge in [-0.2, -0.15) is 10.2 Å². The van der Waals surface area contributed by atoms with E-state index in [0.717, 1.165) is 108 Å². The number of carbonyl (C=O) groups excluding carboxylic acids is 2. The van der Waals surface area contributed by atoms with Gasteiger partial charge in [-0.15, -0.1) is 0 Å². The van der Waals surface area contributed by atoms with Crippen LogP contribution in [0.4, 0.5) is 26.7 Å². The first kappa shape index (κ1) is 41.3. The van der Waals surface area contributed by atoms with E-state index >= 15 is 0 Å². The first-order valence-corrected chi connectivity index (χ1v) is 21.2. The predicted octanol–water partition coefficient (Wildman–Crippen LogP) is 10.4. The number of anilines is 3. The number of para-hydroxylation sites is 2. The number of hydrogen-bond donors (Lipinski definition) is 4. The minimum absolute atomic E-state index is 0.0674. The SMILES string of the molecule is Cc1cc(C)cc(NC(=O)OC2/C=C/C(Cc3cc(C)ccc3CNC(=O)OC3CCCCCC4C(c5ccccc5N)=NN=C(c5ccccc5N)C34)CCCC2)c1. The monoisotopic (exact) mass is 794 g/mol. The number of nitrogens with zero attached hydrogens (tertiary/aromatic N) is 2. The summed E-state index contributed by atoms with van der Waals surface area (Å²) in [5.74, 6) is -0.0705. The molecule has 308 valence electrons. The number of nitrogens with two attached hydrogens (primary N) is 2. The Morgan fingerprint density at radius 2 is 1.32 bits per heavy atom. The van der Waals surface area contributed by atoms with E-state index in [9.17, 15) is 9.59 Å². The summed E-state index contributed by atoms with van der Waals surface area (Å²) in [5.41, 5.74) is 23.8. The van der Waals surface area contributed by atoms with Crippen LogP contribution in [0.2, 0.25) is 0 Å². The summed E-state index contributed by atoms with van der Waals surface area (Å²) in [6, 6.07) is 27.8. The Morgan fingerprint density at radius 1 is 0.661 bits per heavy atom. The molecule has 0 radical (unpaired) electrons. The summed E-state index contributed by atoms with van der Waals surface area (Å²) < 4.78 is 12.3. The lowest BCUT2D eigenvalue weighted by atomic mass is 9.71. The highest BCUT2D eigenvalue weighted by Crippen LogP contribution is 2.40. The number of fused-ring (bicyclic) bond motifs is 1. The van der Waals surface area contributed by atoms with Crippen LogP contribution in [0.5, 0.6) is 0 Å². The van der Waals surface area contributed by atoms with Gasteiger partial charge in [-0.1, -0.05) is 91.6 Å². The maximum absolute atomic E-state index is 13.9. The van der Waals surface area contributed by atoms with Gasteiger partial charge in [0, 0.05) is 46.6 Å². The fraction of sp³-hybridized carbons (Fsp3) is 0.388. The van der Waals surface area contributed by atoms with Crippen molar-refractivity contribution in [3.8, 4) is 0 Å². The highest BCUT2D eigenvalue weighted by Gasteiger charge is 2.43. The van der Waals surface area contributed by atoms with Crippen LogP contribution >= 0.6 is 0 Å². The molecule has 1 fully saturated rings. The van der Waals surface area contributed by atoms with Crippen LogP contribution < -0.4 is 22.1 Å². The smallest absolute Gasteiger partial charge is 0.412 e. The van der Waals surface area contributed by atoms with E-state index in [4.69, 9.17) is 31.1 Å². The van der Waals surface area contributed by atoms with Crippen LogP contribution in [0.25, 0.3) is 0 Å². The number of alkyl carbamates (subject to hydrolysis) is 1. The summed E-state index contributed by atoms with van der Waals surface area (Å²) >= 11 is 0. The zero-order valence-corrected chi connectivity index (χ0v) is 34.6. The summed E-state index contributed by atoms with van der Waals surface area (Å²) in [4.78, 5) is 26.7. The Labute approximate surface area is 348 Å². The number of aryl methyl sites for hydroxylation is 3. The quantitative estimate of drug-likeness (QED) is 0.0977. The zero-order valence-electron chi connectivity index (χ0n) is 34.6. The molecule has 5 unspecified atom stereocenters. The van der Waals surface area contributed by atoms with Crippen molar-refractivity contribution in [2.24, 2.45) is 28.0 Å². The molecule has 6 N–H and O–H groups in total. The fourth-order valence-electron chi connectivity index (χ4n) is 9.08. The van der Waals surface area contributed by atoms with E-state index in [1.165, 1.54) is 5.56 Å². The number of benzene rings is 4. The molecule has 4 aromatic rings. The number of carbonyl (C=O) groups is 2. The number of allylic oxidation sites excluding steroid dienone is 1. The Balaban J connectivity index is 1.04. The summed E-state index contributed by atoms with van der Waals surface area (Å²) in [6.45, 7) is 6.44. The lowest BCUT2D eigenvalue weighted by molar-refractivity contribution is 0.0577. The van der Waals surface area contributed by atoms with E-state index < -0.39 is 18.3 Å². The maximum Gasteiger partial charge on any atom is 0.412 e. The molecular weight excluding hydrogens is 737 g/mol. The zero-order chi connectivity index (χ0) is 41.3. The third-order valence-electron chi connectivity index (χ3n) is 11.9. The van der Waals surface area contributed by atoms with Gasteiger partial charge in [-0.25, -0.2) is 9.59 Å². The Hall–Kier alpha value is -5.90. The third-order valence-corrected chi connectivity index (χ3v) is 11.9. The number of hydrogen-bond acceptors (Lipinski definition) is 8. The lowest BCUT2D eigenvalue weighted by Gasteiger charge is -2.38. The molecular formula is C49H58N6O4. The van der Waals surface area contributed by atoms with Crippen LogP contribution in [0.15, 0.2) is 107 Å². The maximum atomic E-state index is 13.9. The Morgan fingerprint density at radius 3 is 2.07 bits per heavy atom. The van der Waals surface area contributed by atoms with Crippen molar-refractivity contribution in [3.63, 3.8) is 0 Å². The number of nitrogen functional groups attached to an aromatic ring is 2. The van der Waals surface area contributed by atoms with Gasteiger partial charge in [-0.05, 0) is 124 Å². The lowest BCUT2D eigenvalue weighted by Crippen LogP contribution is -2.45. The van der Waals surface area contributed by atoms with Crippen molar-refractivity contribution in [2.45, 2.75) is 104 Å². The predicted molar refractivity (Wildman–Crippen MR) is 238 cm³/mol. The second-order valence-electron chi connectivity index (χ2n) is 16.6. The molecule has 3 aliphatic rings. The molecule has 0 bridgehead atoms. The largest absolute Gasteiger partial charge is 0.446 e. The van der Waals surface area contributed by atoms with Gasteiger partial charge in [0.15, 0.2) is 0 Å². The topological polar surface area (TPSA) is 153 Å². The molecule has 2 aliphatic carbocycles. The van der Waals surface area contributed by atoms with Gasteiger partial charge in [0.25, 0.3) is 0 Å². The van der Waals surface area contributed by atoms with Crippen molar-refractivity contribution < 1.29 is 19.1 Å². The molecule has 0 spiro atoms. The van der Waals surface area contributed by atoms with Crippen molar-refractivity contribution in [2.75, 3.05) is 16.8 Å². The summed E-state index contributed by atoms with van der Waals surface area (Å²) in [6.07, 6.45) is 11.7. The van der Waals surface area contributed by atoms with Crippen molar-refractivity contribution >= 4 is 40.7 Å². The minimum Gasteiger partial charge on any atom is -0.446 e. The average Bonchev–Trinajstić information content (AvgIpc) is 3.18. The Bertz CT molecular complexity index is 2210. The van der Waals surface area contributed by atoms with Gasteiger partial charge in [0.2, 0.25) is 0 Å². The average molecular weight is 795 g/mol. The molecule has 59 heavy (non-hydrogen) atoms. The molecule has 5 atom stereocenters. The molecule has 1 heterocycles. The van der Waals surface area contributed by atoms with Crippen molar-refractivity contribution in [1.82, 2.24) is 5.32 Å². The summed E-state index contributed by atoms with van der Waals surface area (Å²) in [7, 11) is 0. The molecule has 10 nitrogen and oxygen atoms in total. The number of nitrogens with one attached hydrogen (secondary N) is 2. The number of rotatable bonds is 9. The van der Waals surface area contributed by atoms with Gasteiger partial charge in [-0.3, -0.25) is 5.32 Å². The van der Waals surface area contributed by atoms with Gasteiger partial charge >= 0.3 is 12.2 Å². The standard InChI is InChI=1S/C49H58N6O4/c1-31-21-23-35(36(26-31)29-34-13-7-8-14-38(24-22-34)58-49(57)53-37-27-32(2)25-33(3)28-37)30-52-48(56)59-44-20-6-4-5-17-41-45(44)47(40-16-10-12-19-43(40)51)55-54-46(41)39-15-9-11-18-42(39)50/h9-12,15-16,18-19,21-28,34,38,41,44-45H,4-8,13-14,17,20,29-30,50-51H2,1-3H3,(H,52,56)(H,53,57)/b24-22+. The molecule has 1 saturated carbocycles. The molecule has 10 heteroatoms. The van der Waals surface area contributed by atoms with Crippen molar-refractivity contribution in [3.05, 3.63) is 136 Å². The number of ether oxygens (including phenoxy) is 2. The highest BCUT2D eigenvalue weighted by molar-refractivity contribution is 6.15.